The van der Waals surface area contributed by atoms with E-state index in [-0.39, 0.29) is 0 Å². The maximum absolute atomic E-state index is 10.7. The monoisotopic (exact) mass is 181 g/mol. The molecule has 0 radical (unpaired) electrons. The molecule has 2 heterocycles. The molecule has 1 aliphatic rings. The highest BCUT2D eigenvalue weighted by atomic mass is 32.2. The maximum Gasteiger partial charge on any atom is 0.336 e. The van der Waals surface area contributed by atoms with Crippen LogP contribution in [0.15, 0.2) is 17.2 Å². The van der Waals surface area contributed by atoms with Crippen molar-refractivity contribution in [3.63, 3.8) is 0 Å². The first-order chi connectivity index (χ1) is 5.79. The van der Waals surface area contributed by atoms with Crippen molar-refractivity contribution in [2.75, 3.05) is 5.75 Å². The molecule has 0 aromatic carbocycles. The number of fused-ring (bicyclic) bond motifs is 1. The predicted molar refractivity (Wildman–Crippen MR) is 45.6 cm³/mol. The van der Waals surface area contributed by atoms with Crippen LogP contribution in [-0.4, -0.2) is 21.8 Å². The first kappa shape index (κ1) is 7.61. The van der Waals surface area contributed by atoms with Crippen LogP contribution in [0.25, 0.3) is 0 Å². The lowest BCUT2D eigenvalue weighted by Gasteiger charge is -2.00. The number of carboxylic acids is 1. The molecule has 62 valence electrons. The van der Waals surface area contributed by atoms with Crippen LogP contribution in [0, 0.1) is 0 Å². The Morgan fingerprint density at radius 3 is 3.25 bits per heavy atom. The Morgan fingerprint density at radius 2 is 2.50 bits per heavy atom. The Balaban J connectivity index is 2.56. The molecule has 0 spiro atoms. The largest absolute Gasteiger partial charge is 0.478 e. The van der Waals surface area contributed by atoms with E-state index in [2.05, 4.69) is 4.98 Å². The summed E-state index contributed by atoms with van der Waals surface area (Å²) in [7, 11) is 0. The van der Waals surface area contributed by atoms with Gasteiger partial charge in [0.1, 0.15) is 0 Å². The topological polar surface area (TPSA) is 50.2 Å². The maximum atomic E-state index is 10.7. The number of hydrogen-bond donors (Lipinski definition) is 1. The fourth-order valence-electron chi connectivity index (χ4n) is 1.25. The molecule has 0 atom stereocenters. The van der Waals surface area contributed by atoms with Gasteiger partial charge in [-0.05, 0) is 6.07 Å². The predicted octanol–water partition coefficient (Wildman–Crippen LogP) is 1.43. The Kier molecular flexibility index (Phi) is 1.77. The van der Waals surface area contributed by atoms with Crippen molar-refractivity contribution in [3.05, 3.63) is 23.5 Å². The number of aromatic nitrogens is 1. The molecule has 2 rings (SSSR count). The number of rotatable bonds is 1. The third-order valence-corrected chi connectivity index (χ3v) is 2.95. The van der Waals surface area contributed by atoms with Gasteiger partial charge in [-0.25, -0.2) is 4.79 Å². The van der Waals surface area contributed by atoms with Gasteiger partial charge >= 0.3 is 5.97 Å². The van der Waals surface area contributed by atoms with Crippen LogP contribution in [0.5, 0.6) is 0 Å². The molecule has 0 aliphatic carbocycles. The minimum Gasteiger partial charge on any atom is -0.478 e. The van der Waals surface area contributed by atoms with E-state index in [0.717, 1.165) is 22.8 Å². The number of hydrogen-bond acceptors (Lipinski definition) is 3. The van der Waals surface area contributed by atoms with Gasteiger partial charge in [0.15, 0.2) is 0 Å². The third kappa shape index (κ3) is 1.08. The summed E-state index contributed by atoms with van der Waals surface area (Å²) in [6, 6.07) is 1.56. The standard InChI is InChI=1S/C8H7NO2S/c10-8(11)5-1-3-9-6-2-4-12-7(5)6/h1,3H,2,4H2,(H,10,11). The zero-order valence-corrected chi connectivity index (χ0v) is 7.10. The Hall–Kier alpha value is -1.03. The van der Waals surface area contributed by atoms with Crippen molar-refractivity contribution in [1.82, 2.24) is 4.98 Å². The van der Waals surface area contributed by atoms with Gasteiger partial charge in [0.2, 0.25) is 0 Å². The molecule has 0 bridgehead atoms. The molecule has 1 aliphatic heterocycles. The summed E-state index contributed by atoms with van der Waals surface area (Å²) in [6.07, 6.45) is 2.45. The number of carbonyl (C=O) groups is 1. The third-order valence-electron chi connectivity index (χ3n) is 1.79. The number of nitrogens with zero attached hydrogens (tertiary/aromatic N) is 1. The molecule has 0 saturated heterocycles. The molecule has 4 heteroatoms. The van der Waals surface area contributed by atoms with Crippen LogP contribution < -0.4 is 0 Å². The number of aryl methyl sites for hydroxylation is 1. The molecule has 0 unspecified atom stereocenters. The summed E-state index contributed by atoms with van der Waals surface area (Å²) < 4.78 is 0. The number of pyridine rings is 1. The normalized spacial score (nSPS) is 14.3. The smallest absolute Gasteiger partial charge is 0.336 e. The molecule has 0 saturated carbocycles. The van der Waals surface area contributed by atoms with Crippen LogP contribution in [0.1, 0.15) is 16.1 Å². The van der Waals surface area contributed by atoms with Crippen molar-refractivity contribution >= 4 is 17.7 Å². The summed E-state index contributed by atoms with van der Waals surface area (Å²) in [5, 5.41) is 8.81. The van der Waals surface area contributed by atoms with E-state index >= 15 is 0 Å². The van der Waals surface area contributed by atoms with Crippen LogP contribution in [0.2, 0.25) is 0 Å². The van der Waals surface area contributed by atoms with E-state index in [9.17, 15) is 4.79 Å². The van der Waals surface area contributed by atoms with E-state index in [0.29, 0.717) is 5.56 Å². The van der Waals surface area contributed by atoms with Crippen molar-refractivity contribution in [2.45, 2.75) is 11.3 Å². The fraction of sp³-hybridized carbons (Fsp3) is 0.250. The summed E-state index contributed by atoms with van der Waals surface area (Å²) in [6.45, 7) is 0. The van der Waals surface area contributed by atoms with E-state index in [1.54, 1.807) is 24.0 Å². The minimum absolute atomic E-state index is 0.391. The summed E-state index contributed by atoms with van der Waals surface area (Å²) in [4.78, 5) is 15.7. The van der Waals surface area contributed by atoms with Crippen molar-refractivity contribution in [2.24, 2.45) is 0 Å². The minimum atomic E-state index is -0.858. The number of thioether (sulfide) groups is 1. The van der Waals surface area contributed by atoms with Crippen molar-refractivity contribution in [1.29, 1.82) is 0 Å². The van der Waals surface area contributed by atoms with E-state index in [1.807, 2.05) is 0 Å². The van der Waals surface area contributed by atoms with Gasteiger partial charge < -0.3 is 5.11 Å². The average Bonchev–Trinajstić information content (AvgIpc) is 2.49. The Labute approximate surface area is 73.8 Å². The Morgan fingerprint density at radius 1 is 1.67 bits per heavy atom. The number of carboxylic acid groups (broad SMARTS) is 1. The van der Waals surface area contributed by atoms with Gasteiger partial charge in [-0.3, -0.25) is 4.98 Å². The Bertz CT molecular complexity index is 338. The van der Waals surface area contributed by atoms with Crippen LogP contribution in [-0.2, 0) is 6.42 Å². The van der Waals surface area contributed by atoms with E-state index < -0.39 is 5.97 Å². The molecule has 3 nitrogen and oxygen atoms in total. The lowest BCUT2D eigenvalue weighted by Crippen LogP contribution is -2.00. The average molecular weight is 181 g/mol. The van der Waals surface area contributed by atoms with Crippen LogP contribution in [0.4, 0.5) is 0 Å². The molecular formula is C8H7NO2S. The summed E-state index contributed by atoms with van der Waals surface area (Å²) in [5.74, 6) is 0.0927. The summed E-state index contributed by atoms with van der Waals surface area (Å²) in [5.41, 5.74) is 1.32. The second kappa shape index (κ2) is 2.79. The van der Waals surface area contributed by atoms with Gasteiger partial charge in [0, 0.05) is 23.3 Å². The molecular weight excluding hydrogens is 174 g/mol. The van der Waals surface area contributed by atoms with Gasteiger partial charge in [0.05, 0.1) is 11.3 Å². The van der Waals surface area contributed by atoms with Gasteiger partial charge in [-0.1, -0.05) is 0 Å². The molecule has 0 amide bonds. The van der Waals surface area contributed by atoms with Crippen LogP contribution >= 0.6 is 11.8 Å². The molecule has 12 heavy (non-hydrogen) atoms. The highest BCUT2D eigenvalue weighted by Crippen LogP contribution is 2.32. The molecule has 0 fully saturated rings. The summed E-state index contributed by atoms with van der Waals surface area (Å²) >= 11 is 1.58. The van der Waals surface area contributed by atoms with Gasteiger partial charge in [0.25, 0.3) is 0 Å². The van der Waals surface area contributed by atoms with E-state index in [4.69, 9.17) is 5.11 Å². The van der Waals surface area contributed by atoms with Crippen LogP contribution in [0.3, 0.4) is 0 Å². The zero-order valence-electron chi connectivity index (χ0n) is 6.28. The second-order valence-corrected chi connectivity index (χ2v) is 3.64. The lowest BCUT2D eigenvalue weighted by atomic mass is 10.2. The highest BCUT2D eigenvalue weighted by molar-refractivity contribution is 7.99. The van der Waals surface area contributed by atoms with Crippen molar-refractivity contribution < 1.29 is 9.90 Å². The van der Waals surface area contributed by atoms with Crippen molar-refractivity contribution in [3.8, 4) is 0 Å². The molecule has 1 aromatic rings. The number of aromatic carboxylic acids is 1. The first-order valence-corrected chi connectivity index (χ1v) is 4.61. The second-order valence-electron chi connectivity index (χ2n) is 2.54. The highest BCUT2D eigenvalue weighted by Gasteiger charge is 2.19. The SMILES string of the molecule is O=C(O)c1ccnc2c1SCC2. The molecule has 1 aromatic heterocycles. The molecule has 1 N–H and O–H groups in total. The van der Waals surface area contributed by atoms with Gasteiger partial charge in [-0.15, -0.1) is 11.8 Å². The van der Waals surface area contributed by atoms with Gasteiger partial charge in [-0.2, -0.15) is 0 Å². The first-order valence-electron chi connectivity index (χ1n) is 3.63. The zero-order chi connectivity index (χ0) is 8.55. The quantitative estimate of drug-likeness (QED) is 0.712. The lowest BCUT2D eigenvalue weighted by molar-refractivity contribution is 0.0693. The fourth-order valence-corrected chi connectivity index (χ4v) is 2.38. The van der Waals surface area contributed by atoms with E-state index in [1.165, 1.54) is 0 Å².